The smallest absolute Gasteiger partial charge is 0.238 e. The fraction of sp³-hybridized carbons (Fsp3) is 0.565. The average molecular weight is 378 g/mol. The number of nitrogens with zero attached hydrogens (tertiary/aromatic N) is 1. The van der Waals surface area contributed by atoms with E-state index >= 15 is 0 Å². The Kier molecular flexibility index (Phi) is 2.91. The van der Waals surface area contributed by atoms with E-state index in [0.717, 1.165) is 12.1 Å². The number of carbonyl (C=O) groups excluding carboxylic acids is 2. The van der Waals surface area contributed by atoms with Crippen molar-refractivity contribution in [1.29, 1.82) is 0 Å². The largest absolute Gasteiger partial charge is 0.274 e. The third kappa shape index (κ3) is 1.70. The number of benzene rings is 1. The fourth-order valence-electron chi connectivity index (χ4n) is 8.01. The quantitative estimate of drug-likeness (QED) is 0.565. The van der Waals surface area contributed by atoms with Crippen LogP contribution in [-0.4, -0.2) is 19.9 Å². The number of imide groups is 1. The maximum atomic E-state index is 13.7. The third-order valence-electron chi connectivity index (χ3n) is 8.45. The molecule has 2 amide bonds. The molecule has 1 saturated heterocycles. The number of para-hydroxylation sites is 1. The first-order valence-electron chi connectivity index (χ1n) is 10.5. The molecular weight excluding hydrogens is 350 g/mol. The van der Waals surface area contributed by atoms with Crippen LogP contribution in [0.4, 0.5) is 5.69 Å². The molecule has 6 rings (SSSR count). The summed E-state index contributed by atoms with van der Waals surface area (Å²) in [7, 11) is -1.52. The Balaban J connectivity index is 1.54. The molecule has 140 valence electrons. The van der Waals surface area contributed by atoms with Gasteiger partial charge in [-0.3, -0.25) is 14.5 Å². The van der Waals surface area contributed by atoms with E-state index in [2.05, 4.69) is 19.6 Å². The van der Waals surface area contributed by atoms with Crippen LogP contribution in [0.3, 0.4) is 0 Å². The van der Waals surface area contributed by atoms with E-state index in [1.165, 1.54) is 19.3 Å². The number of hydrogen-bond acceptors (Lipinski definition) is 2. The van der Waals surface area contributed by atoms with Gasteiger partial charge in [0.1, 0.15) is 0 Å². The van der Waals surface area contributed by atoms with Crippen LogP contribution in [0, 0.1) is 35.0 Å². The summed E-state index contributed by atoms with van der Waals surface area (Å²) >= 11 is 0. The maximum Gasteiger partial charge on any atom is 0.238 e. The van der Waals surface area contributed by atoms with Crippen LogP contribution in [0.2, 0.25) is 19.6 Å². The van der Waals surface area contributed by atoms with Crippen molar-refractivity contribution in [3.63, 3.8) is 0 Å². The number of allylic oxidation sites excluding steroid dienone is 2. The Labute approximate surface area is 161 Å². The number of anilines is 1. The number of rotatable bonds is 2. The van der Waals surface area contributed by atoms with E-state index in [9.17, 15) is 9.59 Å². The summed E-state index contributed by atoms with van der Waals surface area (Å²) in [6.45, 7) is 7.34. The Morgan fingerprint density at radius 1 is 1.04 bits per heavy atom. The number of amides is 2. The maximum absolute atomic E-state index is 13.7. The highest BCUT2D eigenvalue weighted by atomic mass is 28.3. The first-order chi connectivity index (χ1) is 12.9. The van der Waals surface area contributed by atoms with Crippen LogP contribution in [0.15, 0.2) is 41.1 Å². The first kappa shape index (κ1) is 16.3. The highest BCUT2D eigenvalue weighted by Gasteiger charge is 2.76. The lowest BCUT2D eigenvalue weighted by molar-refractivity contribution is -0.124. The van der Waals surface area contributed by atoms with Crippen LogP contribution >= 0.6 is 0 Å². The summed E-state index contributed by atoms with van der Waals surface area (Å²) in [6.07, 6.45) is 4.94. The average Bonchev–Trinajstić information content (AvgIpc) is 3.38. The molecule has 3 nitrogen and oxygen atoms in total. The molecule has 3 saturated carbocycles. The van der Waals surface area contributed by atoms with Crippen molar-refractivity contribution in [1.82, 2.24) is 0 Å². The molecule has 0 aromatic heterocycles. The van der Waals surface area contributed by atoms with E-state index < -0.39 is 8.07 Å². The minimum Gasteiger partial charge on any atom is -0.274 e. The summed E-state index contributed by atoms with van der Waals surface area (Å²) in [5.41, 5.74) is 2.49. The van der Waals surface area contributed by atoms with E-state index in [1.54, 1.807) is 15.7 Å². The standard InChI is InChI=1S/C23H27NO2Si/c1-27(2,3)20-16-12-23(14-10-9-13(11-14)18(20)23)19-17(16)21(25)24(22(19)26)15-7-5-4-6-8-15/h4-8,13-14,16-17,19H,9-12H2,1-3H3/t13-,14-,16-,17+,19-,23-/m0/s1. The molecule has 1 heterocycles. The number of fused-ring (bicyclic) bond motifs is 6. The van der Waals surface area contributed by atoms with Crippen molar-refractivity contribution in [2.24, 2.45) is 35.0 Å². The molecule has 5 aliphatic rings. The van der Waals surface area contributed by atoms with Crippen LogP contribution in [0.5, 0.6) is 0 Å². The van der Waals surface area contributed by atoms with Gasteiger partial charge in [0.15, 0.2) is 0 Å². The molecule has 0 radical (unpaired) electrons. The monoisotopic (exact) mass is 377 g/mol. The lowest BCUT2D eigenvalue weighted by atomic mass is 9.63. The second-order valence-electron chi connectivity index (χ2n) is 10.5. The molecule has 4 fully saturated rings. The molecule has 6 atom stereocenters. The van der Waals surface area contributed by atoms with Crippen LogP contribution in [0.1, 0.15) is 25.7 Å². The Morgan fingerprint density at radius 3 is 2.48 bits per heavy atom. The van der Waals surface area contributed by atoms with Crippen molar-refractivity contribution in [3.05, 3.63) is 41.1 Å². The van der Waals surface area contributed by atoms with Gasteiger partial charge in [0.05, 0.1) is 25.6 Å². The predicted molar refractivity (Wildman–Crippen MR) is 108 cm³/mol. The molecule has 1 aliphatic heterocycles. The van der Waals surface area contributed by atoms with Gasteiger partial charge in [0.25, 0.3) is 0 Å². The lowest BCUT2D eigenvalue weighted by Gasteiger charge is -2.42. The topological polar surface area (TPSA) is 37.4 Å². The Bertz CT molecular complexity index is 914. The van der Waals surface area contributed by atoms with Crippen molar-refractivity contribution in [2.45, 2.75) is 45.3 Å². The molecule has 1 aromatic rings. The van der Waals surface area contributed by atoms with Crippen LogP contribution in [0.25, 0.3) is 0 Å². The minimum atomic E-state index is -1.52. The van der Waals surface area contributed by atoms with Crippen molar-refractivity contribution >= 4 is 25.6 Å². The van der Waals surface area contributed by atoms with Gasteiger partial charge in [-0.05, 0) is 55.6 Å². The van der Waals surface area contributed by atoms with Gasteiger partial charge in [-0.25, -0.2) is 0 Å². The fourth-order valence-corrected chi connectivity index (χ4v) is 10.6. The molecule has 4 heteroatoms. The van der Waals surface area contributed by atoms with Gasteiger partial charge < -0.3 is 0 Å². The molecule has 1 aromatic carbocycles. The number of hydrogen-bond donors (Lipinski definition) is 0. The van der Waals surface area contributed by atoms with Gasteiger partial charge in [0, 0.05) is 5.41 Å². The van der Waals surface area contributed by atoms with Crippen molar-refractivity contribution < 1.29 is 9.59 Å². The Hall–Kier alpha value is -1.68. The summed E-state index contributed by atoms with van der Waals surface area (Å²) in [5, 5.41) is 1.69. The first-order valence-corrected chi connectivity index (χ1v) is 14.0. The summed E-state index contributed by atoms with van der Waals surface area (Å²) in [5.74, 6) is 1.68. The minimum absolute atomic E-state index is 0.0319. The molecule has 0 unspecified atom stereocenters. The van der Waals surface area contributed by atoms with Gasteiger partial charge in [-0.1, -0.05) is 48.6 Å². The second kappa shape index (κ2) is 4.83. The highest BCUT2D eigenvalue weighted by molar-refractivity contribution is 6.83. The van der Waals surface area contributed by atoms with Crippen molar-refractivity contribution in [3.8, 4) is 0 Å². The van der Waals surface area contributed by atoms with E-state index in [4.69, 9.17) is 0 Å². The molecule has 27 heavy (non-hydrogen) atoms. The lowest BCUT2D eigenvalue weighted by Crippen LogP contribution is -2.43. The zero-order valence-corrected chi connectivity index (χ0v) is 17.4. The highest BCUT2D eigenvalue weighted by Crippen LogP contribution is 2.78. The Morgan fingerprint density at radius 2 is 1.78 bits per heavy atom. The van der Waals surface area contributed by atoms with Crippen LogP contribution < -0.4 is 4.90 Å². The van der Waals surface area contributed by atoms with Crippen molar-refractivity contribution in [2.75, 3.05) is 4.90 Å². The van der Waals surface area contributed by atoms with E-state index in [1.807, 2.05) is 30.3 Å². The van der Waals surface area contributed by atoms with E-state index in [-0.39, 0.29) is 29.1 Å². The summed E-state index contributed by atoms with van der Waals surface area (Å²) in [4.78, 5) is 28.7. The van der Waals surface area contributed by atoms with Gasteiger partial charge in [0.2, 0.25) is 11.8 Å². The normalized spacial score (nSPS) is 41.7. The molecular formula is C23H27NO2Si. The van der Waals surface area contributed by atoms with Gasteiger partial charge in [-0.2, -0.15) is 0 Å². The molecule has 1 spiro atoms. The summed E-state index contributed by atoms with van der Waals surface area (Å²) in [6, 6.07) is 9.60. The molecule has 0 N–H and O–H groups in total. The zero-order chi connectivity index (χ0) is 18.7. The van der Waals surface area contributed by atoms with Gasteiger partial charge in [-0.15, -0.1) is 0 Å². The third-order valence-corrected chi connectivity index (χ3v) is 10.7. The zero-order valence-electron chi connectivity index (χ0n) is 16.4. The summed E-state index contributed by atoms with van der Waals surface area (Å²) < 4.78 is 0. The van der Waals surface area contributed by atoms with Gasteiger partial charge >= 0.3 is 0 Å². The van der Waals surface area contributed by atoms with Crippen LogP contribution in [-0.2, 0) is 9.59 Å². The molecule has 4 bridgehead atoms. The predicted octanol–water partition coefficient (Wildman–Crippen LogP) is 4.42. The second-order valence-corrected chi connectivity index (χ2v) is 15.5. The van der Waals surface area contributed by atoms with E-state index in [0.29, 0.717) is 17.8 Å². The SMILES string of the molecule is C[Si](C)(C)C1=C2[C@H]3CC[C@@H](C3)[C@@]23C[C@H]1[C@H]1C(=O)N(c2ccccc2)C(=O)[C@H]13. The molecule has 4 aliphatic carbocycles. The number of carbonyl (C=O) groups is 2.